The van der Waals surface area contributed by atoms with E-state index >= 15 is 0 Å². The van der Waals surface area contributed by atoms with Gasteiger partial charge in [-0.3, -0.25) is 14.4 Å². The minimum absolute atomic E-state index is 0.0860. The summed E-state index contributed by atoms with van der Waals surface area (Å²) in [4.78, 5) is 38.1. The molecule has 0 heterocycles. The van der Waals surface area contributed by atoms with Crippen molar-refractivity contribution in [3.63, 3.8) is 0 Å². The molecule has 0 aromatic carbocycles. The van der Waals surface area contributed by atoms with E-state index < -0.39 is 6.10 Å². The Balaban J connectivity index is 4.42. The fourth-order valence-corrected chi connectivity index (χ4v) is 7.93. The van der Waals surface area contributed by atoms with Crippen molar-refractivity contribution in [2.45, 2.75) is 284 Å². The first-order valence-electron chi connectivity index (χ1n) is 28.4. The summed E-state index contributed by atoms with van der Waals surface area (Å²) in [5.74, 6) is -0.909. The summed E-state index contributed by atoms with van der Waals surface area (Å²) in [6.07, 6.45) is 70.3. The zero-order chi connectivity index (χ0) is 48.6. The van der Waals surface area contributed by atoms with Gasteiger partial charge in [-0.05, 0) is 89.9 Å². The van der Waals surface area contributed by atoms with Crippen molar-refractivity contribution in [3.05, 3.63) is 72.9 Å². The predicted molar refractivity (Wildman–Crippen MR) is 288 cm³/mol. The Hall–Kier alpha value is -3.15. The van der Waals surface area contributed by atoms with E-state index in [-0.39, 0.29) is 31.1 Å². The Morgan fingerprint density at radius 2 is 0.582 bits per heavy atom. The van der Waals surface area contributed by atoms with E-state index in [4.69, 9.17) is 14.2 Å². The zero-order valence-corrected chi connectivity index (χ0v) is 44.2. The monoisotopic (exact) mass is 935 g/mol. The maximum absolute atomic E-state index is 12.8. The summed E-state index contributed by atoms with van der Waals surface area (Å²) in [6, 6.07) is 0. The molecule has 1 unspecified atom stereocenters. The molecule has 6 nitrogen and oxygen atoms in total. The number of allylic oxidation sites excluding steroid dienone is 12. The van der Waals surface area contributed by atoms with Crippen molar-refractivity contribution in [1.82, 2.24) is 0 Å². The lowest BCUT2D eigenvalue weighted by atomic mass is 10.0. The molecule has 0 aromatic heterocycles. The molecular formula is C61H106O6. The topological polar surface area (TPSA) is 78.9 Å². The van der Waals surface area contributed by atoms with E-state index in [1.54, 1.807) is 0 Å². The van der Waals surface area contributed by atoms with E-state index in [0.29, 0.717) is 19.3 Å². The van der Waals surface area contributed by atoms with Gasteiger partial charge < -0.3 is 14.2 Å². The van der Waals surface area contributed by atoms with Gasteiger partial charge in [0.2, 0.25) is 0 Å². The standard InChI is InChI=1S/C61H106O6/c1-4-7-10-13-16-19-22-25-28-30-32-33-36-39-42-45-48-51-54-60(63)66-57-58(56-65-59(62)53-50-47-44-41-38-35-27-24-21-18-15-12-9-6-3)67-61(64)55-52-49-46-43-40-37-34-31-29-26-23-20-17-14-11-8-5-2/h8,11,17,19-20,22,26,28-30,34,37,58H,4-7,9-10,12-16,18,21,23-25,27,31-33,35-36,38-57H2,1-3H3/b11-8-,20-17-,22-19-,29-26-,30-28-,37-34-. The lowest BCUT2D eigenvalue weighted by molar-refractivity contribution is -0.167. The molecule has 1 atom stereocenters. The number of hydrogen-bond acceptors (Lipinski definition) is 6. The Labute approximate surface area is 414 Å². The number of esters is 3. The molecule has 0 fully saturated rings. The second-order valence-electron chi connectivity index (χ2n) is 18.8. The summed E-state index contributed by atoms with van der Waals surface area (Å²) in [5, 5.41) is 0. The van der Waals surface area contributed by atoms with E-state index in [1.807, 2.05) is 0 Å². The summed E-state index contributed by atoms with van der Waals surface area (Å²) in [6.45, 7) is 6.50. The van der Waals surface area contributed by atoms with Crippen LogP contribution < -0.4 is 0 Å². The van der Waals surface area contributed by atoms with Crippen LogP contribution in [0.3, 0.4) is 0 Å². The van der Waals surface area contributed by atoms with Gasteiger partial charge in [0.15, 0.2) is 6.10 Å². The summed E-state index contributed by atoms with van der Waals surface area (Å²) >= 11 is 0. The van der Waals surface area contributed by atoms with Gasteiger partial charge in [-0.2, -0.15) is 0 Å². The lowest BCUT2D eigenvalue weighted by Gasteiger charge is -2.18. The van der Waals surface area contributed by atoms with E-state index in [2.05, 4.69) is 93.7 Å². The van der Waals surface area contributed by atoms with Gasteiger partial charge in [0.1, 0.15) is 13.2 Å². The normalized spacial score (nSPS) is 12.6. The second-order valence-corrected chi connectivity index (χ2v) is 18.8. The molecule has 0 bridgehead atoms. The summed E-state index contributed by atoms with van der Waals surface area (Å²) in [7, 11) is 0. The zero-order valence-electron chi connectivity index (χ0n) is 44.2. The van der Waals surface area contributed by atoms with Crippen LogP contribution in [-0.4, -0.2) is 37.2 Å². The molecule has 386 valence electrons. The Morgan fingerprint density at radius 1 is 0.313 bits per heavy atom. The summed E-state index contributed by atoms with van der Waals surface area (Å²) < 4.78 is 16.8. The molecule has 0 N–H and O–H groups in total. The molecule has 0 radical (unpaired) electrons. The number of unbranched alkanes of at least 4 members (excludes halogenated alkanes) is 28. The fraction of sp³-hybridized carbons (Fsp3) is 0.754. The van der Waals surface area contributed by atoms with Gasteiger partial charge >= 0.3 is 17.9 Å². The highest BCUT2D eigenvalue weighted by atomic mass is 16.6. The number of rotatable bonds is 51. The molecular weight excluding hydrogens is 829 g/mol. The molecule has 0 aliphatic heterocycles. The lowest BCUT2D eigenvalue weighted by Crippen LogP contribution is -2.30. The quantitative estimate of drug-likeness (QED) is 0.0262. The molecule has 0 aliphatic rings. The third-order valence-corrected chi connectivity index (χ3v) is 12.2. The largest absolute Gasteiger partial charge is 0.462 e. The van der Waals surface area contributed by atoms with Crippen LogP contribution in [0.25, 0.3) is 0 Å². The first-order chi connectivity index (χ1) is 33.0. The maximum atomic E-state index is 12.8. The molecule has 0 spiro atoms. The number of ether oxygens (including phenoxy) is 3. The van der Waals surface area contributed by atoms with Gasteiger partial charge in [0.25, 0.3) is 0 Å². The van der Waals surface area contributed by atoms with Crippen molar-refractivity contribution >= 4 is 17.9 Å². The van der Waals surface area contributed by atoms with Crippen molar-refractivity contribution in [2.24, 2.45) is 0 Å². The maximum Gasteiger partial charge on any atom is 0.306 e. The van der Waals surface area contributed by atoms with Crippen LogP contribution in [0.4, 0.5) is 0 Å². The highest BCUT2D eigenvalue weighted by Crippen LogP contribution is 2.15. The molecule has 0 aliphatic carbocycles. The van der Waals surface area contributed by atoms with Crippen molar-refractivity contribution in [2.75, 3.05) is 13.2 Å². The first-order valence-corrected chi connectivity index (χ1v) is 28.4. The number of carbonyl (C=O) groups is 3. The van der Waals surface area contributed by atoms with E-state index in [1.165, 1.54) is 128 Å². The van der Waals surface area contributed by atoms with Crippen LogP contribution in [0.2, 0.25) is 0 Å². The highest BCUT2D eigenvalue weighted by molar-refractivity contribution is 5.71. The Bertz CT molecular complexity index is 1260. The number of carbonyl (C=O) groups excluding carboxylic acids is 3. The molecule has 0 saturated heterocycles. The second kappa shape index (κ2) is 55.4. The van der Waals surface area contributed by atoms with Crippen LogP contribution in [0.5, 0.6) is 0 Å². The average Bonchev–Trinajstić information content (AvgIpc) is 3.33. The Kier molecular flexibility index (Phi) is 52.8. The smallest absolute Gasteiger partial charge is 0.306 e. The van der Waals surface area contributed by atoms with Gasteiger partial charge in [0, 0.05) is 19.3 Å². The molecule has 67 heavy (non-hydrogen) atoms. The van der Waals surface area contributed by atoms with Gasteiger partial charge in [0.05, 0.1) is 0 Å². The molecule has 0 saturated carbocycles. The third kappa shape index (κ3) is 53.7. The predicted octanol–water partition coefficient (Wildman–Crippen LogP) is 19.0. The SMILES string of the molecule is CC/C=C\C/C=C\C/C=C\C/C=C\CCCCCCC(=O)OC(COC(=O)CCCCCCCCC/C=C\C/C=C\CCCCCC)COC(=O)CCCCCCCCCCCCCCCC. The van der Waals surface area contributed by atoms with E-state index in [0.717, 1.165) is 109 Å². The fourth-order valence-electron chi connectivity index (χ4n) is 7.93. The van der Waals surface area contributed by atoms with Gasteiger partial charge in [-0.1, -0.05) is 241 Å². The van der Waals surface area contributed by atoms with Crippen LogP contribution in [0.15, 0.2) is 72.9 Å². The third-order valence-electron chi connectivity index (χ3n) is 12.2. The van der Waals surface area contributed by atoms with Gasteiger partial charge in [-0.25, -0.2) is 0 Å². The first kappa shape index (κ1) is 63.8. The molecule has 0 aromatic rings. The van der Waals surface area contributed by atoms with Crippen LogP contribution in [0, 0.1) is 0 Å². The minimum Gasteiger partial charge on any atom is -0.462 e. The average molecular weight is 936 g/mol. The molecule has 0 rings (SSSR count). The van der Waals surface area contributed by atoms with Crippen molar-refractivity contribution < 1.29 is 28.6 Å². The Morgan fingerprint density at radius 3 is 0.925 bits per heavy atom. The van der Waals surface area contributed by atoms with E-state index in [9.17, 15) is 14.4 Å². The van der Waals surface area contributed by atoms with Crippen LogP contribution in [-0.2, 0) is 28.6 Å². The molecule has 0 amide bonds. The van der Waals surface area contributed by atoms with Crippen molar-refractivity contribution in [3.8, 4) is 0 Å². The highest BCUT2D eigenvalue weighted by Gasteiger charge is 2.19. The van der Waals surface area contributed by atoms with Gasteiger partial charge in [-0.15, -0.1) is 0 Å². The molecule has 6 heteroatoms. The minimum atomic E-state index is -0.790. The van der Waals surface area contributed by atoms with Crippen molar-refractivity contribution in [1.29, 1.82) is 0 Å². The number of hydrogen-bond donors (Lipinski definition) is 0. The van der Waals surface area contributed by atoms with Crippen LogP contribution in [0.1, 0.15) is 278 Å². The van der Waals surface area contributed by atoms with Crippen LogP contribution >= 0.6 is 0 Å². The summed E-state index contributed by atoms with van der Waals surface area (Å²) in [5.41, 5.74) is 0.